The second-order valence-corrected chi connectivity index (χ2v) is 7.73. The Labute approximate surface area is 126 Å². The van der Waals surface area contributed by atoms with Crippen LogP contribution in [0.1, 0.15) is 54.1 Å². The van der Waals surface area contributed by atoms with E-state index in [2.05, 4.69) is 5.32 Å². The summed E-state index contributed by atoms with van der Waals surface area (Å²) < 4.78 is 23.2. The summed E-state index contributed by atoms with van der Waals surface area (Å²) in [4.78, 5) is 12.5. The van der Waals surface area contributed by atoms with Crippen LogP contribution in [0.3, 0.4) is 0 Å². The molecule has 1 saturated carbocycles. The highest BCUT2D eigenvalue weighted by atomic mass is 32.2. The lowest BCUT2D eigenvalue weighted by Crippen LogP contribution is -2.43. The number of rotatable bonds is 3. The molecular weight excluding hydrogens is 288 g/mol. The molecule has 1 aliphatic carbocycles. The summed E-state index contributed by atoms with van der Waals surface area (Å²) in [5.41, 5.74) is 1.48. The summed E-state index contributed by atoms with van der Waals surface area (Å²) in [5, 5.41) is 8.24. The molecule has 0 heterocycles. The van der Waals surface area contributed by atoms with E-state index in [1.165, 1.54) is 6.07 Å². The van der Waals surface area contributed by atoms with Gasteiger partial charge in [0.05, 0.1) is 4.90 Å². The molecule has 21 heavy (non-hydrogen) atoms. The SMILES string of the molecule is Cc1cc(C)c(S(N)(=O)=O)cc1C(=O)NC1(C)CCCC1. The normalized spacial score (nSPS) is 17.7. The second kappa shape index (κ2) is 5.42. The third-order valence-corrected chi connectivity index (χ3v) is 5.25. The standard InChI is InChI=1S/C15H22N2O3S/c1-10-8-11(2)13(21(16,19)20)9-12(10)14(18)17-15(3)6-4-5-7-15/h8-9H,4-7H2,1-3H3,(H,17,18)(H2,16,19,20). The number of primary sulfonamides is 1. The molecule has 0 spiro atoms. The first-order valence-corrected chi connectivity index (χ1v) is 8.64. The average molecular weight is 310 g/mol. The van der Waals surface area contributed by atoms with Crippen LogP contribution in [0.4, 0.5) is 0 Å². The number of sulfonamides is 1. The first-order valence-electron chi connectivity index (χ1n) is 7.09. The molecule has 1 aromatic carbocycles. The maximum atomic E-state index is 12.5. The van der Waals surface area contributed by atoms with Gasteiger partial charge in [0, 0.05) is 11.1 Å². The van der Waals surface area contributed by atoms with E-state index in [0.29, 0.717) is 11.1 Å². The van der Waals surface area contributed by atoms with Gasteiger partial charge < -0.3 is 5.32 Å². The fourth-order valence-corrected chi connectivity index (χ4v) is 3.80. The van der Waals surface area contributed by atoms with Crippen molar-refractivity contribution in [1.82, 2.24) is 5.32 Å². The number of carbonyl (C=O) groups is 1. The molecule has 116 valence electrons. The minimum absolute atomic E-state index is 0.00910. The topological polar surface area (TPSA) is 89.3 Å². The lowest BCUT2D eigenvalue weighted by molar-refractivity contribution is 0.0907. The lowest BCUT2D eigenvalue weighted by Gasteiger charge is -2.26. The number of hydrogen-bond acceptors (Lipinski definition) is 3. The molecule has 1 fully saturated rings. The molecule has 0 radical (unpaired) electrons. The van der Waals surface area contributed by atoms with E-state index in [-0.39, 0.29) is 16.3 Å². The van der Waals surface area contributed by atoms with E-state index in [1.54, 1.807) is 19.9 Å². The molecule has 3 N–H and O–H groups in total. The van der Waals surface area contributed by atoms with Gasteiger partial charge in [-0.05, 0) is 50.8 Å². The molecule has 1 amide bonds. The fourth-order valence-electron chi connectivity index (χ4n) is 3.01. The third kappa shape index (κ3) is 3.44. The van der Waals surface area contributed by atoms with Crippen LogP contribution in [0.2, 0.25) is 0 Å². The third-order valence-electron chi connectivity index (χ3n) is 4.20. The van der Waals surface area contributed by atoms with Crippen LogP contribution in [0.15, 0.2) is 17.0 Å². The largest absolute Gasteiger partial charge is 0.347 e. The highest BCUT2D eigenvalue weighted by molar-refractivity contribution is 7.89. The highest BCUT2D eigenvalue weighted by Gasteiger charge is 2.31. The fraction of sp³-hybridized carbons (Fsp3) is 0.533. The van der Waals surface area contributed by atoms with E-state index in [9.17, 15) is 13.2 Å². The van der Waals surface area contributed by atoms with E-state index < -0.39 is 10.0 Å². The van der Waals surface area contributed by atoms with E-state index in [4.69, 9.17) is 5.14 Å². The predicted octanol–water partition coefficient (Wildman–Crippen LogP) is 2.01. The van der Waals surface area contributed by atoms with Crippen molar-refractivity contribution >= 4 is 15.9 Å². The second-order valence-electron chi connectivity index (χ2n) is 6.20. The number of benzene rings is 1. The van der Waals surface area contributed by atoms with Crippen molar-refractivity contribution in [2.75, 3.05) is 0 Å². The van der Waals surface area contributed by atoms with Gasteiger partial charge in [-0.2, -0.15) is 0 Å². The monoisotopic (exact) mass is 310 g/mol. The van der Waals surface area contributed by atoms with Gasteiger partial charge in [0.1, 0.15) is 0 Å². The summed E-state index contributed by atoms with van der Waals surface area (Å²) in [5.74, 6) is -0.234. The summed E-state index contributed by atoms with van der Waals surface area (Å²) >= 11 is 0. The molecule has 0 atom stereocenters. The van der Waals surface area contributed by atoms with Crippen molar-refractivity contribution < 1.29 is 13.2 Å². The van der Waals surface area contributed by atoms with Gasteiger partial charge in [0.2, 0.25) is 10.0 Å². The van der Waals surface area contributed by atoms with Gasteiger partial charge in [0.25, 0.3) is 5.91 Å². The van der Waals surface area contributed by atoms with Crippen LogP contribution < -0.4 is 10.5 Å². The van der Waals surface area contributed by atoms with Gasteiger partial charge in [-0.1, -0.05) is 18.9 Å². The Kier molecular flexibility index (Phi) is 4.13. The molecule has 0 bridgehead atoms. The van der Waals surface area contributed by atoms with E-state index in [0.717, 1.165) is 31.2 Å². The van der Waals surface area contributed by atoms with Crippen LogP contribution in [0, 0.1) is 13.8 Å². The van der Waals surface area contributed by atoms with Crippen LogP contribution >= 0.6 is 0 Å². The number of carbonyl (C=O) groups excluding carboxylic acids is 1. The lowest BCUT2D eigenvalue weighted by atomic mass is 9.98. The molecule has 6 heteroatoms. The maximum absolute atomic E-state index is 12.5. The molecular formula is C15H22N2O3S. The van der Waals surface area contributed by atoms with Crippen LogP contribution in [-0.4, -0.2) is 19.9 Å². The maximum Gasteiger partial charge on any atom is 0.252 e. The number of aryl methyl sites for hydroxylation is 2. The Morgan fingerprint density at radius 3 is 2.29 bits per heavy atom. The first kappa shape index (κ1) is 16.0. The van der Waals surface area contributed by atoms with Crippen molar-refractivity contribution in [2.24, 2.45) is 5.14 Å². The molecule has 1 aromatic rings. The number of hydrogen-bond donors (Lipinski definition) is 2. The van der Waals surface area contributed by atoms with Crippen molar-refractivity contribution in [2.45, 2.75) is 56.9 Å². The van der Waals surface area contributed by atoms with Crippen LogP contribution in [0.5, 0.6) is 0 Å². The molecule has 2 rings (SSSR count). The summed E-state index contributed by atoms with van der Waals surface area (Å²) in [6.07, 6.45) is 4.11. The van der Waals surface area contributed by atoms with Crippen LogP contribution in [-0.2, 0) is 10.0 Å². The summed E-state index contributed by atoms with van der Waals surface area (Å²) in [6, 6.07) is 3.07. The molecule has 0 aromatic heterocycles. The van der Waals surface area contributed by atoms with Crippen molar-refractivity contribution in [1.29, 1.82) is 0 Å². The number of amides is 1. The molecule has 1 aliphatic rings. The molecule has 0 unspecified atom stereocenters. The minimum Gasteiger partial charge on any atom is -0.347 e. The van der Waals surface area contributed by atoms with Gasteiger partial charge >= 0.3 is 0 Å². The first-order chi connectivity index (χ1) is 9.62. The zero-order valence-electron chi connectivity index (χ0n) is 12.7. The molecule has 0 aliphatic heterocycles. The van der Waals surface area contributed by atoms with Crippen molar-refractivity contribution in [3.63, 3.8) is 0 Å². The summed E-state index contributed by atoms with van der Waals surface area (Å²) in [7, 11) is -3.83. The summed E-state index contributed by atoms with van der Waals surface area (Å²) in [6.45, 7) is 5.50. The van der Waals surface area contributed by atoms with E-state index in [1.807, 2.05) is 6.92 Å². The Bertz CT molecular complexity index is 674. The predicted molar refractivity (Wildman–Crippen MR) is 81.6 cm³/mol. The van der Waals surface area contributed by atoms with E-state index >= 15 is 0 Å². The highest BCUT2D eigenvalue weighted by Crippen LogP contribution is 2.29. The van der Waals surface area contributed by atoms with Gasteiger partial charge in [-0.25, -0.2) is 13.6 Å². The number of nitrogens with one attached hydrogen (secondary N) is 1. The van der Waals surface area contributed by atoms with Crippen molar-refractivity contribution in [3.8, 4) is 0 Å². The zero-order valence-corrected chi connectivity index (χ0v) is 13.5. The van der Waals surface area contributed by atoms with Crippen molar-refractivity contribution in [3.05, 3.63) is 28.8 Å². The van der Waals surface area contributed by atoms with Crippen LogP contribution in [0.25, 0.3) is 0 Å². The Morgan fingerprint density at radius 2 is 1.76 bits per heavy atom. The average Bonchev–Trinajstić information content (AvgIpc) is 2.73. The zero-order chi connectivity index (χ0) is 15.8. The van der Waals surface area contributed by atoms with Gasteiger partial charge in [0.15, 0.2) is 0 Å². The molecule has 0 saturated heterocycles. The smallest absolute Gasteiger partial charge is 0.252 e. The Hall–Kier alpha value is -1.40. The Balaban J connectivity index is 2.37. The quantitative estimate of drug-likeness (QED) is 0.895. The Morgan fingerprint density at radius 1 is 1.19 bits per heavy atom. The van der Waals surface area contributed by atoms with Gasteiger partial charge in [-0.15, -0.1) is 0 Å². The molecule has 5 nitrogen and oxygen atoms in total. The minimum atomic E-state index is -3.83. The van der Waals surface area contributed by atoms with Gasteiger partial charge in [-0.3, -0.25) is 4.79 Å². The number of nitrogens with two attached hydrogens (primary N) is 1.